The number of amides is 2. The molecule has 0 fully saturated rings. The smallest absolute Gasteiger partial charge is 0.407 e. The quantitative estimate of drug-likeness (QED) is 0.627. The maximum absolute atomic E-state index is 12.6. The number of rotatable bonds is 8. The van der Waals surface area contributed by atoms with Gasteiger partial charge in [-0.15, -0.1) is 0 Å². The monoisotopic (exact) mass is 400 g/mol. The second-order valence-electron chi connectivity index (χ2n) is 8.20. The molecule has 0 aliphatic carbocycles. The third-order valence-electron chi connectivity index (χ3n) is 4.55. The van der Waals surface area contributed by atoms with Gasteiger partial charge in [-0.05, 0) is 43.5 Å². The van der Waals surface area contributed by atoms with Crippen molar-refractivity contribution in [1.82, 2.24) is 10.6 Å². The van der Waals surface area contributed by atoms with E-state index in [0.29, 0.717) is 13.0 Å². The Kier molecular flexibility index (Phi) is 8.02. The number of fused-ring (bicyclic) bond motifs is 1. The summed E-state index contributed by atoms with van der Waals surface area (Å²) in [6.45, 7) is 7.60. The molecule has 0 unspecified atom stereocenters. The fourth-order valence-corrected chi connectivity index (χ4v) is 3.11. The molecule has 0 radical (unpaired) electrons. The van der Waals surface area contributed by atoms with Gasteiger partial charge >= 0.3 is 6.09 Å². The number of nitrogens with one attached hydrogen (secondary N) is 2. The molecule has 2 aromatic carbocycles. The molecule has 3 N–H and O–H groups in total. The van der Waals surface area contributed by atoms with Gasteiger partial charge in [0.2, 0.25) is 0 Å². The lowest BCUT2D eigenvalue weighted by molar-refractivity contribution is -0.131. The average Bonchev–Trinajstić information content (AvgIpc) is 2.67. The van der Waals surface area contributed by atoms with Crippen LogP contribution in [0.1, 0.15) is 52.5 Å². The molecular formula is C23H32N2O4. The largest absolute Gasteiger partial charge is 0.444 e. The lowest BCUT2D eigenvalue weighted by atomic mass is 10.0. The van der Waals surface area contributed by atoms with Gasteiger partial charge in [-0.25, -0.2) is 4.79 Å². The van der Waals surface area contributed by atoms with E-state index >= 15 is 0 Å². The molecule has 0 bridgehead atoms. The number of hydrogen-bond acceptors (Lipinski definition) is 4. The SMILES string of the molecule is CCCC[C@@H](NC(=O)OC(C)(C)C)[C@H](O)C(=O)NCc1cccc2ccccc12. The summed E-state index contributed by atoms with van der Waals surface area (Å²) in [6, 6.07) is 13.1. The van der Waals surface area contributed by atoms with Crippen molar-refractivity contribution >= 4 is 22.8 Å². The maximum Gasteiger partial charge on any atom is 0.407 e. The number of ether oxygens (including phenoxy) is 1. The van der Waals surface area contributed by atoms with Gasteiger partial charge in [0.15, 0.2) is 6.10 Å². The minimum absolute atomic E-state index is 0.296. The molecule has 0 aliphatic heterocycles. The Balaban J connectivity index is 2.02. The van der Waals surface area contributed by atoms with E-state index in [1.165, 1.54) is 0 Å². The number of carbonyl (C=O) groups excluding carboxylic acids is 2. The van der Waals surface area contributed by atoms with Gasteiger partial charge in [0.05, 0.1) is 6.04 Å². The molecule has 0 aromatic heterocycles. The van der Waals surface area contributed by atoms with Crippen LogP contribution >= 0.6 is 0 Å². The van der Waals surface area contributed by atoms with E-state index in [-0.39, 0.29) is 0 Å². The number of hydrogen-bond donors (Lipinski definition) is 3. The van der Waals surface area contributed by atoms with Crippen molar-refractivity contribution in [2.24, 2.45) is 0 Å². The molecule has 0 aliphatic rings. The van der Waals surface area contributed by atoms with Gasteiger partial charge in [-0.1, -0.05) is 62.2 Å². The Morgan fingerprint density at radius 1 is 1.10 bits per heavy atom. The minimum atomic E-state index is -1.36. The number of aliphatic hydroxyl groups is 1. The van der Waals surface area contributed by atoms with Crippen molar-refractivity contribution in [3.8, 4) is 0 Å². The molecule has 2 aromatic rings. The van der Waals surface area contributed by atoms with Gasteiger partial charge in [-0.2, -0.15) is 0 Å². The van der Waals surface area contributed by atoms with Crippen molar-refractivity contribution in [3.63, 3.8) is 0 Å². The van der Waals surface area contributed by atoms with Crippen molar-refractivity contribution in [1.29, 1.82) is 0 Å². The molecule has 0 heterocycles. The predicted octanol–water partition coefficient (Wildman–Crippen LogP) is 3.90. The molecule has 29 heavy (non-hydrogen) atoms. The van der Waals surface area contributed by atoms with Crippen LogP contribution in [0.3, 0.4) is 0 Å². The van der Waals surface area contributed by atoms with Crippen LogP contribution < -0.4 is 10.6 Å². The summed E-state index contributed by atoms with van der Waals surface area (Å²) in [7, 11) is 0. The van der Waals surface area contributed by atoms with Crippen LogP contribution in [0.25, 0.3) is 10.8 Å². The third kappa shape index (κ3) is 7.06. The topological polar surface area (TPSA) is 87.7 Å². The van der Waals surface area contributed by atoms with E-state index in [4.69, 9.17) is 4.74 Å². The fourth-order valence-electron chi connectivity index (χ4n) is 3.11. The van der Waals surface area contributed by atoms with Crippen molar-refractivity contribution in [2.75, 3.05) is 0 Å². The Morgan fingerprint density at radius 2 is 1.79 bits per heavy atom. The number of alkyl carbamates (subject to hydrolysis) is 1. The normalized spacial score (nSPS) is 13.6. The first-order valence-corrected chi connectivity index (χ1v) is 10.1. The van der Waals surface area contributed by atoms with Crippen molar-refractivity contribution in [2.45, 2.75) is 71.2 Å². The van der Waals surface area contributed by atoms with E-state index in [9.17, 15) is 14.7 Å². The first-order valence-electron chi connectivity index (χ1n) is 10.1. The van der Waals surface area contributed by atoms with Crippen LogP contribution in [0.5, 0.6) is 0 Å². The highest BCUT2D eigenvalue weighted by molar-refractivity contribution is 5.87. The highest BCUT2D eigenvalue weighted by Gasteiger charge is 2.29. The second-order valence-corrected chi connectivity index (χ2v) is 8.20. The summed E-state index contributed by atoms with van der Waals surface area (Å²) < 4.78 is 5.26. The molecule has 0 saturated heterocycles. The van der Waals surface area contributed by atoms with E-state index in [2.05, 4.69) is 10.6 Å². The van der Waals surface area contributed by atoms with Crippen LogP contribution in [-0.4, -0.2) is 34.9 Å². The van der Waals surface area contributed by atoms with Gasteiger partial charge < -0.3 is 20.5 Å². The summed E-state index contributed by atoms with van der Waals surface area (Å²) in [6.07, 6.45) is 0.146. The molecule has 6 heteroatoms. The van der Waals surface area contributed by atoms with Crippen molar-refractivity contribution in [3.05, 3.63) is 48.0 Å². The first kappa shape index (κ1) is 22.7. The number of carbonyl (C=O) groups is 2. The Hall–Kier alpha value is -2.60. The van der Waals surface area contributed by atoms with E-state index in [1.54, 1.807) is 20.8 Å². The first-order chi connectivity index (χ1) is 13.7. The zero-order valence-corrected chi connectivity index (χ0v) is 17.7. The van der Waals surface area contributed by atoms with E-state index in [1.807, 2.05) is 49.4 Å². The van der Waals surface area contributed by atoms with E-state index < -0.39 is 29.7 Å². The molecule has 0 saturated carbocycles. The lowest BCUT2D eigenvalue weighted by Crippen LogP contribution is -2.51. The molecule has 0 spiro atoms. The van der Waals surface area contributed by atoms with E-state index in [0.717, 1.165) is 29.2 Å². The lowest BCUT2D eigenvalue weighted by Gasteiger charge is -2.26. The predicted molar refractivity (Wildman–Crippen MR) is 114 cm³/mol. The fraction of sp³-hybridized carbons (Fsp3) is 0.478. The number of unbranched alkanes of at least 4 members (excludes halogenated alkanes) is 1. The highest BCUT2D eigenvalue weighted by atomic mass is 16.6. The maximum atomic E-state index is 12.6. The zero-order chi connectivity index (χ0) is 21.4. The average molecular weight is 401 g/mol. The summed E-state index contributed by atoms with van der Waals surface area (Å²) in [5, 5.41) is 18.1. The Morgan fingerprint density at radius 3 is 2.48 bits per heavy atom. The van der Waals surface area contributed by atoms with Gasteiger partial charge in [0, 0.05) is 6.54 Å². The molecule has 2 amide bonds. The van der Waals surface area contributed by atoms with Gasteiger partial charge in [-0.3, -0.25) is 4.79 Å². The zero-order valence-electron chi connectivity index (χ0n) is 17.7. The molecule has 2 rings (SSSR count). The highest BCUT2D eigenvalue weighted by Crippen LogP contribution is 2.18. The van der Waals surface area contributed by atoms with Crippen LogP contribution in [0.4, 0.5) is 4.79 Å². The van der Waals surface area contributed by atoms with Gasteiger partial charge in [0.25, 0.3) is 5.91 Å². The standard InChI is InChI=1S/C23H32N2O4/c1-5-6-14-19(25-22(28)29-23(2,3)4)20(26)21(27)24-15-17-12-9-11-16-10-7-8-13-18(16)17/h7-13,19-20,26H,5-6,14-15H2,1-4H3,(H,24,27)(H,25,28)/t19-,20+/m1/s1. The molecule has 6 nitrogen and oxygen atoms in total. The summed E-state index contributed by atoms with van der Waals surface area (Å²) in [4.78, 5) is 24.7. The summed E-state index contributed by atoms with van der Waals surface area (Å²) >= 11 is 0. The van der Waals surface area contributed by atoms with Crippen LogP contribution in [0.2, 0.25) is 0 Å². The minimum Gasteiger partial charge on any atom is -0.444 e. The summed E-state index contributed by atoms with van der Waals surface area (Å²) in [5.41, 5.74) is 0.315. The second kappa shape index (κ2) is 10.3. The van der Waals surface area contributed by atoms with Crippen LogP contribution in [0.15, 0.2) is 42.5 Å². The third-order valence-corrected chi connectivity index (χ3v) is 4.55. The summed E-state index contributed by atoms with van der Waals surface area (Å²) in [5.74, 6) is -0.518. The number of benzene rings is 2. The van der Waals surface area contributed by atoms with Crippen LogP contribution in [0, 0.1) is 0 Å². The Labute approximate surface area is 172 Å². The molecular weight excluding hydrogens is 368 g/mol. The molecule has 2 atom stereocenters. The number of aliphatic hydroxyl groups excluding tert-OH is 1. The molecule has 158 valence electrons. The Bertz CT molecular complexity index is 824. The van der Waals surface area contributed by atoms with Crippen molar-refractivity contribution < 1.29 is 19.4 Å². The van der Waals surface area contributed by atoms with Gasteiger partial charge in [0.1, 0.15) is 5.60 Å². The van der Waals surface area contributed by atoms with Crippen LogP contribution in [-0.2, 0) is 16.1 Å².